The van der Waals surface area contributed by atoms with Crippen molar-refractivity contribution in [3.8, 4) is 0 Å². The molecule has 1 atom stereocenters. The highest BCUT2D eigenvalue weighted by molar-refractivity contribution is 6.31. The Labute approximate surface area is 109 Å². The topological polar surface area (TPSA) is 24.9 Å². The molecule has 1 aliphatic rings. The smallest absolute Gasteiger partial charge is 0.0637 e. The van der Waals surface area contributed by atoms with Crippen LogP contribution in [-0.4, -0.2) is 11.5 Å². The molecule has 0 amide bonds. The summed E-state index contributed by atoms with van der Waals surface area (Å²) < 4.78 is 0. The summed E-state index contributed by atoms with van der Waals surface area (Å²) >= 11 is 6.27. The summed E-state index contributed by atoms with van der Waals surface area (Å²) in [5.74, 6) is 0.737. The zero-order chi connectivity index (χ0) is 12.1. The lowest BCUT2D eigenvalue weighted by molar-refractivity contribution is 0.368. The molecular weight excluding hydrogens is 232 g/mol. The van der Waals surface area contributed by atoms with Gasteiger partial charge >= 0.3 is 0 Å². The van der Waals surface area contributed by atoms with Crippen LogP contribution < -0.4 is 5.32 Å². The minimum Gasteiger partial charge on any atom is -0.310 e. The fraction of sp³-hybridized carbons (Fsp3) is 0.643. The Bertz CT molecular complexity index is 348. The zero-order valence-corrected chi connectivity index (χ0v) is 11.2. The van der Waals surface area contributed by atoms with Crippen LogP contribution in [0.25, 0.3) is 0 Å². The summed E-state index contributed by atoms with van der Waals surface area (Å²) in [6, 6.07) is 2.47. The molecule has 0 radical (unpaired) electrons. The highest BCUT2D eigenvalue weighted by atomic mass is 35.5. The molecular formula is C14H21ClN2. The highest BCUT2D eigenvalue weighted by Gasteiger charge is 2.27. The predicted molar refractivity (Wildman–Crippen MR) is 72.2 cm³/mol. The molecule has 0 spiro atoms. The summed E-state index contributed by atoms with van der Waals surface area (Å²) in [6.07, 6.45) is 10.1. The summed E-state index contributed by atoms with van der Waals surface area (Å²) in [6.45, 7) is 3.26. The van der Waals surface area contributed by atoms with Gasteiger partial charge in [-0.3, -0.25) is 4.98 Å². The third kappa shape index (κ3) is 3.20. The monoisotopic (exact) mass is 252 g/mol. The number of hydrogen-bond donors (Lipinski definition) is 1. The number of nitrogens with one attached hydrogen (secondary N) is 1. The average Bonchev–Trinajstić information content (AvgIpc) is 2.85. The van der Waals surface area contributed by atoms with Gasteiger partial charge in [0.05, 0.1) is 5.02 Å². The van der Waals surface area contributed by atoms with E-state index in [4.69, 9.17) is 11.6 Å². The normalized spacial score (nSPS) is 18.5. The van der Waals surface area contributed by atoms with E-state index in [1.807, 2.05) is 6.20 Å². The molecule has 1 N–H and O–H groups in total. The fourth-order valence-corrected chi connectivity index (χ4v) is 3.00. The Morgan fingerprint density at radius 2 is 2.24 bits per heavy atom. The Morgan fingerprint density at radius 1 is 1.47 bits per heavy atom. The number of halogens is 1. The number of pyridine rings is 1. The molecule has 2 nitrogen and oxygen atoms in total. The van der Waals surface area contributed by atoms with Gasteiger partial charge in [-0.05, 0) is 43.4 Å². The standard InChI is InChI=1S/C14H21ClN2/c1-2-8-17-14(11-5-3-4-6-11)12-7-9-16-10-13(12)15/h7,9-11,14,17H,2-6,8H2,1H3. The summed E-state index contributed by atoms with van der Waals surface area (Å²) in [7, 11) is 0. The van der Waals surface area contributed by atoms with Crippen LogP contribution in [0.1, 0.15) is 50.6 Å². The van der Waals surface area contributed by atoms with E-state index in [9.17, 15) is 0 Å². The molecule has 1 fully saturated rings. The van der Waals surface area contributed by atoms with Crippen LogP contribution in [0.4, 0.5) is 0 Å². The average molecular weight is 253 g/mol. The maximum absolute atomic E-state index is 6.27. The fourth-order valence-electron chi connectivity index (χ4n) is 2.76. The molecule has 0 aliphatic heterocycles. The minimum atomic E-state index is 0.410. The second-order valence-corrected chi connectivity index (χ2v) is 5.28. The molecule has 1 unspecified atom stereocenters. The predicted octanol–water partition coefficient (Wildman–Crippen LogP) is 3.97. The van der Waals surface area contributed by atoms with Gasteiger partial charge in [-0.2, -0.15) is 0 Å². The first-order chi connectivity index (χ1) is 8.33. The second kappa shape index (κ2) is 6.36. The van der Waals surface area contributed by atoms with Crippen molar-refractivity contribution in [2.75, 3.05) is 6.54 Å². The maximum atomic E-state index is 6.27. The lowest BCUT2D eigenvalue weighted by atomic mass is 9.92. The molecule has 1 heterocycles. The molecule has 94 valence electrons. The Balaban J connectivity index is 2.16. The Kier molecular flexibility index (Phi) is 4.81. The third-order valence-corrected chi connectivity index (χ3v) is 3.94. The second-order valence-electron chi connectivity index (χ2n) is 4.87. The van der Waals surface area contributed by atoms with Crippen LogP contribution in [0.15, 0.2) is 18.5 Å². The number of hydrogen-bond acceptors (Lipinski definition) is 2. The molecule has 1 aromatic rings. The van der Waals surface area contributed by atoms with Gasteiger partial charge < -0.3 is 5.32 Å². The van der Waals surface area contributed by atoms with Crippen LogP contribution in [0.2, 0.25) is 5.02 Å². The van der Waals surface area contributed by atoms with E-state index in [2.05, 4.69) is 23.3 Å². The molecule has 1 aliphatic carbocycles. The van der Waals surface area contributed by atoms with E-state index >= 15 is 0 Å². The lowest BCUT2D eigenvalue weighted by Crippen LogP contribution is -2.28. The van der Waals surface area contributed by atoms with Crippen LogP contribution >= 0.6 is 11.6 Å². The van der Waals surface area contributed by atoms with Crippen LogP contribution in [0.3, 0.4) is 0 Å². The zero-order valence-electron chi connectivity index (χ0n) is 10.5. The van der Waals surface area contributed by atoms with E-state index in [0.717, 1.165) is 23.9 Å². The van der Waals surface area contributed by atoms with E-state index in [1.165, 1.54) is 31.2 Å². The van der Waals surface area contributed by atoms with Crippen molar-refractivity contribution in [2.45, 2.75) is 45.1 Å². The van der Waals surface area contributed by atoms with E-state index < -0.39 is 0 Å². The summed E-state index contributed by atoms with van der Waals surface area (Å²) in [5, 5.41) is 4.46. The minimum absolute atomic E-state index is 0.410. The first kappa shape index (κ1) is 12.8. The van der Waals surface area contributed by atoms with Crippen molar-refractivity contribution in [1.82, 2.24) is 10.3 Å². The molecule has 1 aromatic heterocycles. The summed E-state index contributed by atoms with van der Waals surface area (Å²) in [4.78, 5) is 4.07. The van der Waals surface area contributed by atoms with Crippen molar-refractivity contribution >= 4 is 11.6 Å². The van der Waals surface area contributed by atoms with Gasteiger partial charge in [0.25, 0.3) is 0 Å². The van der Waals surface area contributed by atoms with Gasteiger partial charge in [-0.15, -0.1) is 0 Å². The van der Waals surface area contributed by atoms with E-state index in [0.29, 0.717) is 6.04 Å². The van der Waals surface area contributed by atoms with Crippen molar-refractivity contribution < 1.29 is 0 Å². The molecule has 2 rings (SSSR count). The Hall–Kier alpha value is -0.600. The first-order valence-corrected chi connectivity index (χ1v) is 7.03. The van der Waals surface area contributed by atoms with Gasteiger partial charge in [-0.1, -0.05) is 31.4 Å². The lowest BCUT2D eigenvalue weighted by Gasteiger charge is -2.25. The quantitative estimate of drug-likeness (QED) is 0.858. The first-order valence-electron chi connectivity index (χ1n) is 6.65. The highest BCUT2D eigenvalue weighted by Crippen LogP contribution is 2.37. The molecule has 1 saturated carbocycles. The van der Waals surface area contributed by atoms with Gasteiger partial charge in [-0.25, -0.2) is 0 Å². The van der Waals surface area contributed by atoms with E-state index in [1.54, 1.807) is 6.20 Å². The van der Waals surface area contributed by atoms with Crippen molar-refractivity contribution in [1.29, 1.82) is 0 Å². The van der Waals surface area contributed by atoms with Crippen LogP contribution in [0, 0.1) is 5.92 Å². The number of rotatable bonds is 5. The molecule has 0 bridgehead atoms. The van der Waals surface area contributed by atoms with Gasteiger partial charge in [0.2, 0.25) is 0 Å². The molecule has 0 aromatic carbocycles. The van der Waals surface area contributed by atoms with Gasteiger partial charge in [0.1, 0.15) is 0 Å². The van der Waals surface area contributed by atoms with Gasteiger partial charge in [0.15, 0.2) is 0 Å². The van der Waals surface area contributed by atoms with E-state index in [-0.39, 0.29) is 0 Å². The maximum Gasteiger partial charge on any atom is 0.0637 e. The molecule has 3 heteroatoms. The molecule has 17 heavy (non-hydrogen) atoms. The largest absolute Gasteiger partial charge is 0.310 e. The third-order valence-electron chi connectivity index (χ3n) is 3.62. The van der Waals surface area contributed by atoms with Gasteiger partial charge in [0, 0.05) is 18.4 Å². The SMILES string of the molecule is CCCNC(c1ccncc1Cl)C1CCCC1. The molecule has 0 saturated heterocycles. The van der Waals surface area contributed by atoms with Crippen molar-refractivity contribution in [2.24, 2.45) is 5.92 Å². The summed E-state index contributed by atoms with van der Waals surface area (Å²) in [5.41, 5.74) is 1.22. The number of aromatic nitrogens is 1. The van der Waals surface area contributed by atoms with Crippen molar-refractivity contribution in [3.63, 3.8) is 0 Å². The Morgan fingerprint density at radius 3 is 2.88 bits per heavy atom. The van der Waals surface area contributed by atoms with Crippen LogP contribution in [0.5, 0.6) is 0 Å². The van der Waals surface area contributed by atoms with Crippen molar-refractivity contribution in [3.05, 3.63) is 29.0 Å². The van der Waals surface area contributed by atoms with Crippen LogP contribution in [-0.2, 0) is 0 Å². The number of nitrogens with zero attached hydrogens (tertiary/aromatic N) is 1.